The summed E-state index contributed by atoms with van der Waals surface area (Å²) in [6.45, 7) is 0. The second-order valence-electron chi connectivity index (χ2n) is 5.22. The van der Waals surface area contributed by atoms with Crippen molar-refractivity contribution in [3.05, 3.63) is 42.0 Å². The first-order valence-corrected chi connectivity index (χ1v) is 6.47. The Morgan fingerprint density at radius 1 is 0.950 bits per heavy atom. The molecule has 0 aliphatic carbocycles. The number of ether oxygens (including phenoxy) is 1. The van der Waals surface area contributed by atoms with E-state index in [1.54, 1.807) is 24.3 Å². The molecule has 2 bridgehead atoms. The van der Waals surface area contributed by atoms with E-state index in [0.717, 1.165) is 6.29 Å². The summed E-state index contributed by atoms with van der Waals surface area (Å²) in [6.07, 6.45) is 3.89. The van der Waals surface area contributed by atoms with E-state index in [1.807, 2.05) is 12.2 Å². The molecule has 0 aromatic heterocycles. The topological polar surface area (TPSA) is 63.7 Å². The minimum Gasteiger partial charge on any atom is -0.365 e. The van der Waals surface area contributed by atoms with Gasteiger partial charge in [-0.25, -0.2) is 4.90 Å². The number of fused-ring (bicyclic) bond motifs is 5. The molecular weight excluding hydrogens is 258 g/mol. The molecule has 3 heterocycles. The summed E-state index contributed by atoms with van der Waals surface area (Å²) in [5.41, 5.74) is 1.03. The molecule has 0 saturated carbocycles. The molecule has 3 aliphatic rings. The predicted octanol–water partition coefficient (Wildman–Crippen LogP) is 0.942. The van der Waals surface area contributed by atoms with Crippen LogP contribution in [0.3, 0.4) is 0 Å². The molecule has 0 N–H and O–H groups in total. The van der Waals surface area contributed by atoms with E-state index in [2.05, 4.69) is 0 Å². The summed E-state index contributed by atoms with van der Waals surface area (Å²) in [6, 6.07) is 6.44. The summed E-state index contributed by atoms with van der Waals surface area (Å²) in [7, 11) is 0. The van der Waals surface area contributed by atoms with Gasteiger partial charge in [-0.15, -0.1) is 0 Å². The number of rotatable bonds is 2. The van der Waals surface area contributed by atoms with Crippen molar-refractivity contribution in [3.63, 3.8) is 0 Å². The Morgan fingerprint density at radius 3 is 2.00 bits per heavy atom. The Bertz CT molecular complexity index is 618. The van der Waals surface area contributed by atoms with Crippen molar-refractivity contribution in [1.29, 1.82) is 0 Å². The van der Waals surface area contributed by atoms with Crippen LogP contribution in [0.1, 0.15) is 10.4 Å². The number of hydrogen-bond donors (Lipinski definition) is 0. The molecule has 2 saturated heterocycles. The molecule has 20 heavy (non-hydrogen) atoms. The molecule has 1 aromatic rings. The fraction of sp³-hybridized carbons (Fsp3) is 0.267. The molecule has 4 rings (SSSR count). The lowest BCUT2D eigenvalue weighted by Crippen LogP contribution is -2.34. The van der Waals surface area contributed by atoms with E-state index in [9.17, 15) is 14.4 Å². The van der Waals surface area contributed by atoms with Crippen LogP contribution < -0.4 is 4.90 Å². The van der Waals surface area contributed by atoms with Crippen LogP contribution in [0.2, 0.25) is 0 Å². The zero-order chi connectivity index (χ0) is 13.9. The summed E-state index contributed by atoms with van der Waals surface area (Å²) < 4.78 is 5.58. The first-order chi connectivity index (χ1) is 9.70. The summed E-state index contributed by atoms with van der Waals surface area (Å²) in [5, 5.41) is 0. The van der Waals surface area contributed by atoms with Gasteiger partial charge in [0.2, 0.25) is 11.8 Å². The molecule has 4 unspecified atom stereocenters. The molecule has 4 atom stereocenters. The van der Waals surface area contributed by atoms with Crippen molar-refractivity contribution < 1.29 is 19.1 Å². The van der Waals surface area contributed by atoms with E-state index in [-0.39, 0.29) is 24.0 Å². The smallest absolute Gasteiger partial charge is 0.240 e. The minimum absolute atomic E-state index is 0.212. The maximum atomic E-state index is 12.5. The van der Waals surface area contributed by atoms with E-state index >= 15 is 0 Å². The quantitative estimate of drug-likeness (QED) is 0.455. The summed E-state index contributed by atoms with van der Waals surface area (Å²) in [5.74, 6) is -1.22. The fourth-order valence-corrected chi connectivity index (χ4v) is 3.26. The van der Waals surface area contributed by atoms with Crippen molar-refractivity contribution in [2.75, 3.05) is 4.90 Å². The molecule has 0 spiro atoms. The number of hydrogen-bond acceptors (Lipinski definition) is 4. The molecule has 5 heteroatoms. The fourth-order valence-electron chi connectivity index (χ4n) is 3.26. The van der Waals surface area contributed by atoms with E-state index in [4.69, 9.17) is 4.74 Å². The number of carbonyl (C=O) groups is 3. The van der Waals surface area contributed by atoms with Crippen LogP contribution in [0, 0.1) is 11.8 Å². The highest BCUT2D eigenvalue weighted by Crippen LogP contribution is 2.46. The molecule has 5 nitrogen and oxygen atoms in total. The lowest BCUT2D eigenvalue weighted by atomic mass is 9.85. The number of benzene rings is 1. The van der Waals surface area contributed by atoms with E-state index in [1.165, 1.54) is 4.90 Å². The third kappa shape index (κ3) is 1.33. The van der Waals surface area contributed by atoms with E-state index < -0.39 is 11.8 Å². The van der Waals surface area contributed by atoms with E-state index in [0.29, 0.717) is 11.3 Å². The van der Waals surface area contributed by atoms with Gasteiger partial charge in [0.05, 0.1) is 29.7 Å². The van der Waals surface area contributed by atoms with Gasteiger partial charge in [0.25, 0.3) is 0 Å². The SMILES string of the molecule is O=Cc1ccc(N2C(=O)C3C4C=CC(O4)C3C2=O)cc1. The first kappa shape index (κ1) is 11.5. The van der Waals surface area contributed by atoms with Crippen LogP contribution >= 0.6 is 0 Å². The Labute approximate surface area is 114 Å². The lowest BCUT2D eigenvalue weighted by Gasteiger charge is -2.17. The maximum Gasteiger partial charge on any atom is 0.240 e. The third-order valence-electron chi connectivity index (χ3n) is 4.20. The number of carbonyl (C=O) groups excluding carboxylic acids is 3. The normalized spacial score (nSPS) is 33.9. The van der Waals surface area contributed by atoms with Crippen LogP contribution in [0.5, 0.6) is 0 Å². The van der Waals surface area contributed by atoms with Gasteiger partial charge in [-0.2, -0.15) is 0 Å². The largest absolute Gasteiger partial charge is 0.365 e. The molecule has 0 radical (unpaired) electrons. The van der Waals surface area contributed by atoms with Crippen LogP contribution in [-0.4, -0.2) is 30.3 Å². The molecular formula is C15H11NO4. The zero-order valence-electron chi connectivity index (χ0n) is 10.4. The molecule has 100 valence electrons. The second kappa shape index (κ2) is 3.86. The zero-order valence-corrected chi connectivity index (χ0v) is 10.4. The average Bonchev–Trinajstić information content (AvgIpc) is 3.14. The Hall–Kier alpha value is -2.27. The molecule has 1 aromatic carbocycles. The molecule has 2 fully saturated rings. The van der Waals surface area contributed by atoms with Gasteiger partial charge in [-0.3, -0.25) is 14.4 Å². The Morgan fingerprint density at radius 2 is 1.50 bits per heavy atom. The van der Waals surface area contributed by atoms with Crippen molar-refractivity contribution in [2.45, 2.75) is 12.2 Å². The summed E-state index contributed by atoms with van der Waals surface area (Å²) in [4.78, 5) is 36.8. The second-order valence-corrected chi connectivity index (χ2v) is 5.22. The van der Waals surface area contributed by atoms with Gasteiger partial charge in [0.15, 0.2) is 0 Å². The number of anilines is 1. The van der Waals surface area contributed by atoms with Crippen LogP contribution in [-0.2, 0) is 14.3 Å². The van der Waals surface area contributed by atoms with Gasteiger partial charge in [-0.1, -0.05) is 12.2 Å². The maximum absolute atomic E-state index is 12.5. The van der Waals surface area contributed by atoms with Crippen molar-refractivity contribution in [2.24, 2.45) is 11.8 Å². The Kier molecular flexibility index (Phi) is 2.23. The highest BCUT2D eigenvalue weighted by molar-refractivity contribution is 6.23. The lowest BCUT2D eigenvalue weighted by molar-refractivity contribution is -0.124. The van der Waals surface area contributed by atoms with Gasteiger partial charge >= 0.3 is 0 Å². The van der Waals surface area contributed by atoms with Crippen molar-refractivity contribution >= 4 is 23.8 Å². The number of aldehydes is 1. The van der Waals surface area contributed by atoms with Crippen LogP contribution in [0.4, 0.5) is 5.69 Å². The highest BCUT2D eigenvalue weighted by Gasteiger charge is 2.60. The van der Waals surface area contributed by atoms with Gasteiger partial charge in [-0.05, 0) is 24.3 Å². The first-order valence-electron chi connectivity index (χ1n) is 6.47. The monoisotopic (exact) mass is 269 g/mol. The van der Waals surface area contributed by atoms with Crippen LogP contribution in [0.25, 0.3) is 0 Å². The van der Waals surface area contributed by atoms with Crippen LogP contribution in [0.15, 0.2) is 36.4 Å². The highest BCUT2D eigenvalue weighted by atomic mass is 16.5. The molecule has 2 amide bonds. The van der Waals surface area contributed by atoms with Crippen molar-refractivity contribution in [1.82, 2.24) is 0 Å². The minimum atomic E-state index is -0.400. The average molecular weight is 269 g/mol. The van der Waals surface area contributed by atoms with Gasteiger partial charge in [0.1, 0.15) is 6.29 Å². The molecule has 3 aliphatic heterocycles. The van der Waals surface area contributed by atoms with Crippen molar-refractivity contribution in [3.8, 4) is 0 Å². The number of amides is 2. The summed E-state index contributed by atoms with van der Waals surface area (Å²) >= 11 is 0. The number of imide groups is 1. The Balaban J connectivity index is 1.71. The third-order valence-corrected chi connectivity index (χ3v) is 4.20. The predicted molar refractivity (Wildman–Crippen MR) is 69.1 cm³/mol. The van der Waals surface area contributed by atoms with Gasteiger partial charge in [0, 0.05) is 5.56 Å². The standard InChI is InChI=1S/C15H11NO4/c17-7-8-1-3-9(4-2-8)16-14(18)12-10-5-6-11(20-10)13(12)15(16)19/h1-7,10-13H. The number of nitrogens with zero attached hydrogens (tertiary/aromatic N) is 1. The van der Waals surface area contributed by atoms with Gasteiger partial charge < -0.3 is 4.74 Å².